The van der Waals surface area contributed by atoms with Gasteiger partial charge in [0.2, 0.25) is 5.91 Å². The minimum Gasteiger partial charge on any atom is -0.491 e. The van der Waals surface area contributed by atoms with Gasteiger partial charge in [-0.15, -0.1) is 0 Å². The van der Waals surface area contributed by atoms with E-state index < -0.39 is 0 Å². The first-order valence-electron chi connectivity index (χ1n) is 9.23. The number of hydrogen-bond donors (Lipinski definition) is 1. The van der Waals surface area contributed by atoms with Crippen LogP contribution in [0.1, 0.15) is 33.3 Å². The topological polar surface area (TPSA) is 44.8 Å². The fraction of sp³-hybridized carbons (Fsp3) is 0.650. The van der Waals surface area contributed by atoms with Crippen LogP contribution in [-0.4, -0.2) is 67.1 Å². The second-order valence-corrected chi connectivity index (χ2v) is 7.83. The molecule has 25 heavy (non-hydrogen) atoms. The van der Waals surface area contributed by atoms with Gasteiger partial charge >= 0.3 is 0 Å². The van der Waals surface area contributed by atoms with E-state index in [1.165, 1.54) is 0 Å². The summed E-state index contributed by atoms with van der Waals surface area (Å²) in [6.07, 6.45) is 0.446. The Morgan fingerprint density at radius 2 is 1.84 bits per heavy atom. The van der Waals surface area contributed by atoms with Crippen LogP contribution in [0, 0.1) is 0 Å². The second-order valence-electron chi connectivity index (χ2n) is 7.83. The predicted molar refractivity (Wildman–Crippen MR) is 102 cm³/mol. The van der Waals surface area contributed by atoms with Crippen LogP contribution in [0.25, 0.3) is 0 Å². The third-order valence-electron chi connectivity index (χ3n) is 4.76. The summed E-state index contributed by atoms with van der Waals surface area (Å²) in [6.45, 7) is 13.3. The van der Waals surface area contributed by atoms with Crippen LogP contribution in [0.5, 0.6) is 5.75 Å². The number of nitrogens with zero attached hydrogens (tertiary/aromatic N) is 2. The molecule has 1 saturated heterocycles. The number of rotatable bonds is 7. The molecule has 2 rings (SSSR count). The van der Waals surface area contributed by atoms with E-state index in [9.17, 15) is 4.79 Å². The van der Waals surface area contributed by atoms with E-state index in [-0.39, 0.29) is 17.6 Å². The first-order valence-corrected chi connectivity index (χ1v) is 9.23. The number of nitrogens with one attached hydrogen (secondary N) is 1. The van der Waals surface area contributed by atoms with Crippen LogP contribution in [-0.2, 0) is 11.2 Å². The Kier molecular flexibility index (Phi) is 6.85. The Hall–Kier alpha value is -1.59. The zero-order chi connectivity index (χ0) is 18.4. The van der Waals surface area contributed by atoms with Crippen molar-refractivity contribution >= 4 is 5.91 Å². The average Bonchev–Trinajstić information content (AvgIpc) is 2.55. The molecule has 0 saturated carbocycles. The van der Waals surface area contributed by atoms with E-state index in [0.29, 0.717) is 13.0 Å². The number of carbonyl (C=O) groups excluding carboxylic acids is 1. The normalized spacial score (nSPS) is 16.9. The van der Waals surface area contributed by atoms with Crippen molar-refractivity contribution in [3.8, 4) is 5.75 Å². The van der Waals surface area contributed by atoms with Gasteiger partial charge in [-0.1, -0.05) is 18.2 Å². The Balaban J connectivity index is 1.88. The van der Waals surface area contributed by atoms with Crippen molar-refractivity contribution < 1.29 is 9.53 Å². The van der Waals surface area contributed by atoms with Crippen molar-refractivity contribution in [3.05, 3.63) is 29.8 Å². The molecular formula is C20H33N3O2. The van der Waals surface area contributed by atoms with E-state index in [2.05, 4.69) is 36.0 Å². The van der Waals surface area contributed by atoms with Gasteiger partial charge in [-0.3, -0.25) is 9.69 Å². The fourth-order valence-corrected chi connectivity index (χ4v) is 3.09. The number of benzene rings is 1. The molecule has 5 nitrogen and oxygen atoms in total. The number of piperazine rings is 1. The van der Waals surface area contributed by atoms with Crippen LogP contribution >= 0.6 is 0 Å². The third kappa shape index (κ3) is 6.01. The predicted octanol–water partition coefficient (Wildman–Crippen LogP) is 2.16. The maximum atomic E-state index is 12.4. The number of amides is 1. The molecule has 0 aromatic heterocycles. The van der Waals surface area contributed by atoms with Gasteiger partial charge in [-0.25, -0.2) is 0 Å². The Morgan fingerprint density at radius 3 is 2.48 bits per heavy atom. The van der Waals surface area contributed by atoms with E-state index in [0.717, 1.165) is 37.5 Å². The zero-order valence-corrected chi connectivity index (χ0v) is 16.3. The van der Waals surface area contributed by atoms with E-state index in [1.807, 2.05) is 38.1 Å². The largest absolute Gasteiger partial charge is 0.491 e. The molecule has 0 atom stereocenters. The van der Waals surface area contributed by atoms with Gasteiger partial charge in [-0.05, 0) is 40.8 Å². The molecule has 0 unspecified atom stereocenters. The van der Waals surface area contributed by atoms with Crippen molar-refractivity contribution in [2.24, 2.45) is 0 Å². The van der Waals surface area contributed by atoms with Crippen LogP contribution in [0.3, 0.4) is 0 Å². The van der Waals surface area contributed by atoms with Crippen molar-refractivity contribution in [3.63, 3.8) is 0 Å². The highest BCUT2D eigenvalue weighted by Gasteiger charge is 2.29. The smallest absolute Gasteiger partial charge is 0.224 e. The first kappa shape index (κ1) is 19.7. The summed E-state index contributed by atoms with van der Waals surface area (Å²) in [5.74, 6) is 0.841. The monoisotopic (exact) mass is 347 g/mol. The van der Waals surface area contributed by atoms with Crippen LogP contribution in [0.15, 0.2) is 24.3 Å². The number of likely N-dealkylation sites (N-methyl/N-ethyl adjacent to an activating group) is 1. The van der Waals surface area contributed by atoms with Gasteiger partial charge in [-0.2, -0.15) is 0 Å². The molecule has 0 bridgehead atoms. The lowest BCUT2D eigenvalue weighted by Gasteiger charge is -2.43. The van der Waals surface area contributed by atoms with Crippen LogP contribution < -0.4 is 10.1 Å². The van der Waals surface area contributed by atoms with Gasteiger partial charge in [0, 0.05) is 43.8 Å². The summed E-state index contributed by atoms with van der Waals surface area (Å²) >= 11 is 0. The van der Waals surface area contributed by atoms with Gasteiger partial charge in [0.05, 0.1) is 12.5 Å². The molecule has 1 aliphatic rings. The molecular weight excluding hydrogens is 314 g/mol. The van der Waals surface area contributed by atoms with Gasteiger partial charge in [0.1, 0.15) is 5.75 Å². The maximum Gasteiger partial charge on any atom is 0.224 e. The Labute approximate surface area is 152 Å². The summed E-state index contributed by atoms with van der Waals surface area (Å²) in [6, 6.07) is 7.78. The second kappa shape index (κ2) is 8.68. The van der Waals surface area contributed by atoms with Crippen molar-refractivity contribution in [1.82, 2.24) is 15.1 Å². The van der Waals surface area contributed by atoms with Crippen LogP contribution in [0.4, 0.5) is 0 Å². The summed E-state index contributed by atoms with van der Waals surface area (Å²) in [5.41, 5.74) is 0.899. The van der Waals surface area contributed by atoms with E-state index >= 15 is 0 Å². The fourth-order valence-electron chi connectivity index (χ4n) is 3.09. The minimum atomic E-state index is -0.0368. The molecule has 1 N–H and O–H groups in total. The van der Waals surface area contributed by atoms with Crippen molar-refractivity contribution in [1.29, 1.82) is 0 Å². The number of ether oxygens (including phenoxy) is 1. The third-order valence-corrected chi connectivity index (χ3v) is 4.76. The number of hydrogen-bond acceptors (Lipinski definition) is 4. The van der Waals surface area contributed by atoms with Crippen molar-refractivity contribution in [2.75, 3.05) is 39.8 Å². The van der Waals surface area contributed by atoms with Gasteiger partial charge < -0.3 is 15.0 Å². The van der Waals surface area contributed by atoms with Gasteiger partial charge in [0.15, 0.2) is 0 Å². The first-order chi connectivity index (χ1) is 11.8. The standard InChI is InChI=1S/C20H33N3O2/c1-16(2)25-18-9-7-6-8-17(18)14-19(24)21-15-20(3,4)23-12-10-22(5)11-13-23/h6-9,16H,10-15H2,1-5H3,(H,21,24). The Bertz CT molecular complexity index is 564. The SMILES string of the molecule is CC(C)Oc1ccccc1CC(=O)NCC(C)(C)N1CCN(C)CC1. The highest BCUT2D eigenvalue weighted by atomic mass is 16.5. The molecule has 1 amide bonds. The lowest BCUT2D eigenvalue weighted by atomic mass is 10.0. The zero-order valence-electron chi connectivity index (χ0n) is 16.3. The number of para-hydroxylation sites is 1. The summed E-state index contributed by atoms with van der Waals surface area (Å²) in [7, 11) is 2.16. The van der Waals surface area contributed by atoms with E-state index in [4.69, 9.17) is 4.74 Å². The van der Waals surface area contributed by atoms with Crippen LogP contribution in [0.2, 0.25) is 0 Å². The molecule has 1 aromatic rings. The molecule has 0 radical (unpaired) electrons. The lowest BCUT2D eigenvalue weighted by molar-refractivity contribution is -0.121. The molecule has 1 fully saturated rings. The van der Waals surface area contributed by atoms with E-state index in [1.54, 1.807) is 0 Å². The molecule has 1 aromatic carbocycles. The molecule has 1 heterocycles. The summed E-state index contributed by atoms with van der Waals surface area (Å²) in [5, 5.41) is 3.11. The summed E-state index contributed by atoms with van der Waals surface area (Å²) < 4.78 is 5.80. The highest BCUT2D eigenvalue weighted by Crippen LogP contribution is 2.20. The summed E-state index contributed by atoms with van der Waals surface area (Å²) in [4.78, 5) is 17.2. The molecule has 0 aliphatic carbocycles. The molecule has 1 aliphatic heterocycles. The van der Waals surface area contributed by atoms with Gasteiger partial charge in [0.25, 0.3) is 0 Å². The maximum absolute atomic E-state index is 12.4. The average molecular weight is 348 g/mol. The van der Waals surface area contributed by atoms with Crippen molar-refractivity contribution in [2.45, 2.75) is 45.8 Å². The highest BCUT2D eigenvalue weighted by molar-refractivity contribution is 5.79. The lowest BCUT2D eigenvalue weighted by Crippen LogP contribution is -2.57. The number of carbonyl (C=O) groups is 1. The quantitative estimate of drug-likeness (QED) is 0.821. The Morgan fingerprint density at radius 1 is 1.20 bits per heavy atom. The molecule has 0 spiro atoms. The molecule has 140 valence electrons. The minimum absolute atomic E-state index is 0.0368. The molecule has 5 heteroatoms.